The van der Waals surface area contributed by atoms with Gasteiger partial charge in [-0.25, -0.2) is 4.39 Å². The Morgan fingerprint density at radius 1 is 1.15 bits per heavy atom. The third-order valence-electron chi connectivity index (χ3n) is 5.84. The number of nitrogens with one attached hydrogen (secondary N) is 2. The van der Waals surface area contributed by atoms with Crippen molar-refractivity contribution >= 4 is 29.2 Å². The van der Waals surface area contributed by atoms with Crippen LogP contribution in [0.3, 0.4) is 0 Å². The normalized spacial score (nSPS) is 14.6. The standard InChI is InChI=1S/C25H34FN5O2/c1-16-21(28-17(2)23(16)24(32)27-10-13-30(5)6)15-20-19-14-18(26)8-9-22(19)31(25(20)33)12-7-11-29(3)4/h8-9,14-15,28H,7,10-13H2,1-6H3,(H,27,32). The second-order valence-electron chi connectivity index (χ2n) is 9.06. The zero-order chi connectivity index (χ0) is 24.3. The van der Waals surface area contributed by atoms with Gasteiger partial charge >= 0.3 is 0 Å². The quantitative estimate of drug-likeness (QED) is 0.571. The van der Waals surface area contributed by atoms with Crippen molar-refractivity contribution in [2.45, 2.75) is 20.3 Å². The number of hydrogen-bond donors (Lipinski definition) is 2. The van der Waals surface area contributed by atoms with Crippen LogP contribution in [0.4, 0.5) is 10.1 Å². The highest BCUT2D eigenvalue weighted by Crippen LogP contribution is 2.38. The Bertz CT molecular complexity index is 1070. The summed E-state index contributed by atoms with van der Waals surface area (Å²) >= 11 is 0. The first kappa shape index (κ1) is 24.7. The number of H-pyrrole nitrogens is 1. The maximum Gasteiger partial charge on any atom is 0.259 e. The summed E-state index contributed by atoms with van der Waals surface area (Å²) in [5.41, 5.74) is 4.47. The van der Waals surface area contributed by atoms with Gasteiger partial charge in [0.15, 0.2) is 0 Å². The van der Waals surface area contributed by atoms with Crippen LogP contribution in [-0.4, -0.2) is 81.0 Å². The van der Waals surface area contributed by atoms with Crippen LogP contribution in [0.2, 0.25) is 0 Å². The average Bonchev–Trinajstić information content (AvgIpc) is 3.15. The van der Waals surface area contributed by atoms with Gasteiger partial charge in [-0.15, -0.1) is 0 Å². The number of benzene rings is 1. The summed E-state index contributed by atoms with van der Waals surface area (Å²) in [6.07, 6.45) is 2.55. The summed E-state index contributed by atoms with van der Waals surface area (Å²) in [5.74, 6) is -0.691. The van der Waals surface area contributed by atoms with Gasteiger partial charge in [0, 0.05) is 36.6 Å². The first-order valence-electron chi connectivity index (χ1n) is 11.2. The number of aromatic amines is 1. The van der Waals surface area contributed by atoms with Gasteiger partial charge < -0.3 is 25.0 Å². The number of anilines is 1. The largest absolute Gasteiger partial charge is 0.358 e. The van der Waals surface area contributed by atoms with Crippen molar-refractivity contribution in [3.63, 3.8) is 0 Å². The number of fused-ring (bicyclic) bond motifs is 1. The minimum atomic E-state index is -0.386. The van der Waals surface area contributed by atoms with Crippen LogP contribution in [0.25, 0.3) is 11.6 Å². The van der Waals surface area contributed by atoms with Crippen molar-refractivity contribution in [2.24, 2.45) is 0 Å². The lowest BCUT2D eigenvalue weighted by atomic mass is 10.0. The number of nitrogens with zero attached hydrogens (tertiary/aromatic N) is 3. The third-order valence-corrected chi connectivity index (χ3v) is 5.84. The molecule has 0 spiro atoms. The summed E-state index contributed by atoms with van der Waals surface area (Å²) < 4.78 is 14.1. The zero-order valence-electron chi connectivity index (χ0n) is 20.4. The molecule has 2 aromatic rings. The summed E-state index contributed by atoms with van der Waals surface area (Å²) in [5, 5.41) is 2.94. The Balaban J connectivity index is 1.92. The predicted octanol–water partition coefficient (Wildman–Crippen LogP) is 2.90. The number of rotatable bonds is 9. The number of amides is 2. The van der Waals surface area contributed by atoms with Crippen molar-refractivity contribution in [1.29, 1.82) is 0 Å². The molecule has 33 heavy (non-hydrogen) atoms. The second-order valence-corrected chi connectivity index (χ2v) is 9.06. The van der Waals surface area contributed by atoms with Crippen LogP contribution in [0.5, 0.6) is 0 Å². The lowest BCUT2D eigenvalue weighted by Crippen LogP contribution is -2.31. The highest BCUT2D eigenvalue weighted by Gasteiger charge is 2.33. The van der Waals surface area contributed by atoms with Crippen LogP contribution in [0, 0.1) is 19.7 Å². The Morgan fingerprint density at radius 2 is 1.85 bits per heavy atom. The molecule has 3 rings (SSSR count). The van der Waals surface area contributed by atoms with Gasteiger partial charge in [-0.3, -0.25) is 9.59 Å². The molecule has 0 aliphatic carbocycles. The Labute approximate surface area is 195 Å². The Kier molecular flexibility index (Phi) is 7.71. The maximum absolute atomic E-state index is 14.1. The van der Waals surface area contributed by atoms with E-state index in [2.05, 4.69) is 15.2 Å². The highest BCUT2D eigenvalue weighted by molar-refractivity contribution is 6.35. The third kappa shape index (κ3) is 5.51. The van der Waals surface area contributed by atoms with Crippen molar-refractivity contribution in [3.05, 3.63) is 52.1 Å². The van der Waals surface area contributed by atoms with Gasteiger partial charge in [0.25, 0.3) is 11.8 Å². The van der Waals surface area contributed by atoms with Gasteiger partial charge in [-0.2, -0.15) is 0 Å². The van der Waals surface area contributed by atoms with Gasteiger partial charge in [0.1, 0.15) is 5.82 Å². The van der Waals surface area contributed by atoms with Crippen molar-refractivity contribution in [1.82, 2.24) is 20.1 Å². The van der Waals surface area contributed by atoms with E-state index in [0.717, 1.165) is 30.8 Å². The fraction of sp³-hybridized carbons (Fsp3) is 0.440. The first-order chi connectivity index (χ1) is 15.6. The summed E-state index contributed by atoms with van der Waals surface area (Å²) in [4.78, 5) is 35.1. The molecule has 0 fully saturated rings. The van der Waals surface area contributed by atoms with Gasteiger partial charge in [0.2, 0.25) is 0 Å². The molecule has 1 aliphatic heterocycles. The molecule has 2 N–H and O–H groups in total. The monoisotopic (exact) mass is 455 g/mol. The minimum Gasteiger partial charge on any atom is -0.358 e. The van der Waals surface area contributed by atoms with E-state index in [-0.39, 0.29) is 17.6 Å². The molecule has 1 aromatic carbocycles. The molecule has 0 saturated heterocycles. The maximum atomic E-state index is 14.1. The molecule has 2 amide bonds. The number of aryl methyl sites for hydroxylation is 1. The topological polar surface area (TPSA) is 71.7 Å². The first-order valence-corrected chi connectivity index (χ1v) is 11.2. The van der Waals surface area contributed by atoms with E-state index in [1.165, 1.54) is 12.1 Å². The van der Waals surface area contributed by atoms with Gasteiger partial charge in [-0.05, 0) is 84.8 Å². The lowest BCUT2D eigenvalue weighted by Gasteiger charge is -2.18. The molecule has 1 aliphatic rings. The molecule has 1 aromatic heterocycles. The zero-order valence-corrected chi connectivity index (χ0v) is 20.4. The van der Waals surface area contributed by atoms with E-state index in [1.807, 2.05) is 46.9 Å². The molecule has 0 saturated carbocycles. The van der Waals surface area contributed by atoms with Crippen molar-refractivity contribution < 1.29 is 14.0 Å². The van der Waals surface area contributed by atoms with Crippen LogP contribution in [-0.2, 0) is 4.79 Å². The van der Waals surface area contributed by atoms with Crippen LogP contribution < -0.4 is 10.2 Å². The average molecular weight is 456 g/mol. The van der Waals surface area contributed by atoms with Gasteiger partial charge in [0.05, 0.1) is 16.8 Å². The minimum absolute atomic E-state index is 0.151. The van der Waals surface area contributed by atoms with E-state index < -0.39 is 0 Å². The van der Waals surface area contributed by atoms with Crippen molar-refractivity contribution in [2.75, 3.05) is 59.3 Å². The van der Waals surface area contributed by atoms with E-state index in [9.17, 15) is 14.0 Å². The number of carbonyl (C=O) groups is 2. The van der Waals surface area contributed by atoms with E-state index in [1.54, 1.807) is 17.0 Å². The molecule has 7 nitrogen and oxygen atoms in total. The number of halogens is 1. The SMILES string of the molecule is Cc1[nH]c(C=C2C(=O)N(CCCN(C)C)c3ccc(F)cc32)c(C)c1C(=O)NCCN(C)C. The summed E-state index contributed by atoms with van der Waals surface area (Å²) in [6.45, 7) is 6.38. The Hall–Kier alpha value is -2.97. The van der Waals surface area contributed by atoms with Crippen LogP contribution in [0.15, 0.2) is 18.2 Å². The summed E-state index contributed by atoms with van der Waals surface area (Å²) in [6, 6.07) is 4.45. The van der Waals surface area contributed by atoms with Gasteiger partial charge in [-0.1, -0.05) is 0 Å². The number of hydrogen-bond acceptors (Lipinski definition) is 4. The van der Waals surface area contributed by atoms with Crippen molar-refractivity contribution in [3.8, 4) is 0 Å². The molecule has 0 radical (unpaired) electrons. The molecular weight excluding hydrogens is 421 g/mol. The molecule has 8 heteroatoms. The van der Waals surface area contributed by atoms with Crippen LogP contribution in [0.1, 0.15) is 39.3 Å². The second kappa shape index (κ2) is 10.3. The number of aromatic nitrogens is 1. The molecule has 178 valence electrons. The smallest absolute Gasteiger partial charge is 0.259 e. The predicted molar refractivity (Wildman–Crippen MR) is 131 cm³/mol. The highest BCUT2D eigenvalue weighted by atomic mass is 19.1. The number of carbonyl (C=O) groups excluding carboxylic acids is 2. The molecule has 0 unspecified atom stereocenters. The molecule has 0 bridgehead atoms. The van der Waals surface area contributed by atoms with E-state index >= 15 is 0 Å². The number of likely N-dealkylation sites (N-methyl/N-ethyl adjacent to an activating group) is 1. The van der Waals surface area contributed by atoms with Crippen LogP contribution >= 0.6 is 0 Å². The molecular formula is C25H34FN5O2. The fourth-order valence-corrected chi connectivity index (χ4v) is 4.12. The Morgan fingerprint density at radius 3 is 2.52 bits per heavy atom. The molecule has 0 atom stereocenters. The summed E-state index contributed by atoms with van der Waals surface area (Å²) in [7, 11) is 7.88. The lowest BCUT2D eigenvalue weighted by molar-refractivity contribution is -0.113. The molecule has 2 heterocycles. The fourth-order valence-electron chi connectivity index (χ4n) is 4.12. The van der Waals surface area contributed by atoms with E-state index in [0.29, 0.717) is 41.2 Å². The van der Waals surface area contributed by atoms with E-state index in [4.69, 9.17) is 0 Å².